The first kappa shape index (κ1) is 9.45. The molecule has 3 nitrogen and oxygen atoms in total. The number of nitrogens with one attached hydrogen (secondary N) is 1. The first-order chi connectivity index (χ1) is 5.47. The topological polar surface area (TPSA) is 41.6 Å². The SMILES string of the molecule is [H-].[Na+].c1cncc(-c2cnc[nH]2)c1. The molecule has 0 fully saturated rings. The zero-order valence-corrected chi connectivity index (χ0v) is 8.86. The predicted octanol–water partition coefficient (Wildman–Crippen LogP) is -1.41. The summed E-state index contributed by atoms with van der Waals surface area (Å²) in [6.45, 7) is 0. The number of nitrogens with zero attached hydrogens (tertiary/aromatic N) is 2. The third-order valence-corrected chi connectivity index (χ3v) is 1.47. The smallest absolute Gasteiger partial charge is 1.00 e. The van der Waals surface area contributed by atoms with E-state index in [1.54, 1.807) is 24.9 Å². The van der Waals surface area contributed by atoms with Crippen LogP contribution in [-0.4, -0.2) is 15.0 Å². The van der Waals surface area contributed by atoms with E-state index in [0.29, 0.717) is 0 Å². The Bertz CT molecular complexity index is 322. The number of aromatic nitrogens is 3. The number of pyridine rings is 1. The summed E-state index contributed by atoms with van der Waals surface area (Å²) in [5, 5.41) is 0. The van der Waals surface area contributed by atoms with E-state index < -0.39 is 0 Å². The van der Waals surface area contributed by atoms with Crippen molar-refractivity contribution in [2.45, 2.75) is 0 Å². The van der Waals surface area contributed by atoms with Crippen LogP contribution in [-0.2, 0) is 0 Å². The van der Waals surface area contributed by atoms with Gasteiger partial charge in [0.15, 0.2) is 0 Å². The first-order valence-electron chi connectivity index (χ1n) is 3.35. The largest absolute Gasteiger partial charge is 1.00 e. The van der Waals surface area contributed by atoms with Crippen molar-refractivity contribution in [1.29, 1.82) is 0 Å². The summed E-state index contributed by atoms with van der Waals surface area (Å²) in [6.07, 6.45) is 6.98. The van der Waals surface area contributed by atoms with Crippen LogP contribution in [0.2, 0.25) is 0 Å². The molecular formula is C8H8N3Na. The molecule has 2 aromatic heterocycles. The Morgan fingerprint density at radius 1 is 1.25 bits per heavy atom. The van der Waals surface area contributed by atoms with Gasteiger partial charge in [0.2, 0.25) is 0 Å². The molecule has 12 heavy (non-hydrogen) atoms. The van der Waals surface area contributed by atoms with Gasteiger partial charge in [-0.05, 0) is 12.1 Å². The monoisotopic (exact) mass is 169 g/mol. The maximum Gasteiger partial charge on any atom is 1.00 e. The third kappa shape index (κ3) is 1.94. The van der Waals surface area contributed by atoms with Gasteiger partial charge in [0, 0.05) is 18.0 Å². The quantitative estimate of drug-likeness (QED) is 0.533. The van der Waals surface area contributed by atoms with Crippen LogP contribution in [0.5, 0.6) is 0 Å². The Kier molecular flexibility index (Phi) is 3.47. The molecule has 0 saturated heterocycles. The molecule has 2 rings (SSSR count). The third-order valence-electron chi connectivity index (χ3n) is 1.47. The molecule has 0 aliphatic heterocycles. The Labute approximate surface area is 94.0 Å². The molecule has 0 aliphatic rings. The second-order valence-corrected chi connectivity index (χ2v) is 2.21. The Hall–Kier alpha value is -0.640. The van der Waals surface area contributed by atoms with Crippen LogP contribution in [0, 0.1) is 0 Å². The molecule has 56 valence electrons. The molecule has 0 radical (unpaired) electrons. The van der Waals surface area contributed by atoms with Crippen LogP contribution in [0.25, 0.3) is 11.3 Å². The Balaban J connectivity index is 0.000000720. The van der Waals surface area contributed by atoms with E-state index in [2.05, 4.69) is 15.0 Å². The van der Waals surface area contributed by atoms with Gasteiger partial charge in [-0.25, -0.2) is 4.98 Å². The standard InChI is InChI=1S/C8H7N3.Na.H/c1-2-7(4-9-3-1)8-5-10-6-11-8;;/h1-6H,(H,10,11);;/q;+1;-1. The summed E-state index contributed by atoms with van der Waals surface area (Å²) in [5.41, 5.74) is 2.06. The van der Waals surface area contributed by atoms with Crippen molar-refractivity contribution in [2.24, 2.45) is 0 Å². The molecule has 0 saturated carbocycles. The van der Waals surface area contributed by atoms with Crippen molar-refractivity contribution in [2.75, 3.05) is 0 Å². The summed E-state index contributed by atoms with van der Waals surface area (Å²) in [7, 11) is 0. The van der Waals surface area contributed by atoms with Gasteiger partial charge in [-0.3, -0.25) is 4.98 Å². The second kappa shape index (κ2) is 4.40. The second-order valence-electron chi connectivity index (χ2n) is 2.21. The van der Waals surface area contributed by atoms with E-state index in [1.807, 2.05) is 12.1 Å². The number of hydrogen-bond acceptors (Lipinski definition) is 2. The van der Waals surface area contributed by atoms with E-state index in [4.69, 9.17) is 0 Å². The molecule has 2 heterocycles. The van der Waals surface area contributed by atoms with Crippen molar-refractivity contribution >= 4 is 0 Å². The number of H-pyrrole nitrogens is 1. The zero-order chi connectivity index (χ0) is 7.52. The van der Waals surface area contributed by atoms with Crippen molar-refractivity contribution in [3.63, 3.8) is 0 Å². The fourth-order valence-corrected chi connectivity index (χ4v) is 0.936. The minimum Gasteiger partial charge on any atom is -1.00 e. The molecule has 2 aromatic rings. The van der Waals surface area contributed by atoms with Crippen LogP contribution in [0.4, 0.5) is 0 Å². The minimum atomic E-state index is 0. The van der Waals surface area contributed by atoms with E-state index >= 15 is 0 Å². The maximum absolute atomic E-state index is 3.99. The fraction of sp³-hybridized carbons (Fsp3) is 0. The van der Waals surface area contributed by atoms with Gasteiger partial charge < -0.3 is 6.41 Å². The summed E-state index contributed by atoms with van der Waals surface area (Å²) < 4.78 is 0. The molecule has 0 atom stereocenters. The number of rotatable bonds is 1. The van der Waals surface area contributed by atoms with Crippen molar-refractivity contribution < 1.29 is 31.0 Å². The van der Waals surface area contributed by atoms with Crippen LogP contribution in [0.3, 0.4) is 0 Å². The normalized spacial score (nSPS) is 9.00. The van der Waals surface area contributed by atoms with Gasteiger partial charge >= 0.3 is 29.6 Å². The minimum absolute atomic E-state index is 0. The van der Waals surface area contributed by atoms with Gasteiger partial charge in [-0.1, -0.05) is 0 Å². The summed E-state index contributed by atoms with van der Waals surface area (Å²) in [5.74, 6) is 0. The van der Waals surface area contributed by atoms with Gasteiger partial charge in [-0.15, -0.1) is 0 Å². The van der Waals surface area contributed by atoms with Gasteiger partial charge in [0.05, 0.1) is 18.2 Å². The van der Waals surface area contributed by atoms with E-state index in [1.165, 1.54) is 0 Å². The molecule has 0 aromatic carbocycles. The molecule has 4 heteroatoms. The fourth-order valence-electron chi connectivity index (χ4n) is 0.936. The number of aromatic amines is 1. The van der Waals surface area contributed by atoms with Gasteiger partial charge in [0.1, 0.15) is 0 Å². The molecule has 0 unspecified atom stereocenters. The molecule has 0 aliphatic carbocycles. The summed E-state index contributed by atoms with van der Waals surface area (Å²) >= 11 is 0. The maximum atomic E-state index is 3.99. The van der Waals surface area contributed by atoms with Crippen molar-refractivity contribution in [1.82, 2.24) is 15.0 Å². The van der Waals surface area contributed by atoms with Crippen LogP contribution < -0.4 is 29.6 Å². The average Bonchev–Trinajstić information content (AvgIpc) is 2.58. The number of imidazole rings is 1. The predicted molar refractivity (Wildman–Crippen MR) is 42.9 cm³/mol. The van der Waals surface area contributed by atoms with Crippen molar-refractivity contribution in [3.05, 3.63) is 37.1 Å². The summed E-state index contributed by atoms with van der Waals surface area (Å²) in [6, 6.07) is 3.89. The Morgan fingerprint density at radius 3 is 2.75 bits per heavy atom. The molecular weight excluding hydrogens is 161 g/mol. The van der Waals surface area contributed by atoms with Gasteiger partial charge in [0.25, 0.3) is 0 Å². The van der Waals surface area contributed by atoms with Crippen LogP contribution in [0.15, 0.2) is 37.1 Å². The molecule has 0 bridgehead atoms. The molecule has 0 spiro atoms. The summed E-state index contributed by atoms with van der Waals surface area (Å²) in [4.78, 5) is 10.9. The first-order valence-corrected chi connectivity index (χ1v) is 3.35. The van der Waals surface area contributed by atoms with E-state index in [9.17, 15) is 0 Å². The van der Waals surface area contributed by atoms with Crippen molar-refractivity contribution in [3.8, 4) is 11.3 Å². The Morgan fingerprint density at radius 2 is 2.17 bits per heavy atom. The average molecular weight is 169 g/mol. The number of hydrogen-bond donors (Lipinski definition) is 1. The van der Waals surface area contributed by atoms with E-state index in [0.717, 1.165) is 11.3 Å². The zero-order valence-electron chi connectivity index (χ0n) is 7.86. The molecule has 0 amide bonds. The van der Waals surface area contributed by atoms with Crippen LogP contribution >= 0.6 is 0 Å². The van der Waals surface area contributed by atoms with Crippen LogP contribution in [0.1, 0.15) is 1.43 Å². The van der Waals surface area contributed by atoms with E-state index in [-0.39, 0.29) is 31.0 Å². The van der Waals surface area contributed by atoms with Gasteiger partial charge in [-0.2, -0.15) is 0 Å². The molecule has 1 N–H and O–H groups in total.